The van der Waals surface area contributed by atoms with Crippen LogP contribution in [0, 0.1) is 5.82 Å². The van der Waals surface area contributed by atoms with Crippen molar-refractivity contribution < 1.29 is 9.60 Å². The lowest BCUT2D eigenvalue weighted by Gasteiger charge is -2.08. The van der Waals surface area contributed by atoms with Crippen molar-refractivity contribution in [2.75, 3.05) is 0 Å². The molecule has 6 heteroatoms. The van der Waals surface area contributed by atoms with Crippen molar-refractivity contribution in [2.45, 2.75) is 13.1 Å². The van der Waals surface area contributed by atoms with Crippen LogP contribution in [-0.2, 0) is 13.1 Å². The van der Waals surface area contributed by atoms with Crippen LogP contribution in [0.3, 0.4) is 0 Å². The Morgan fingerprint density at radius 1 is 1.19 bits per heavy atom. The topological polar surface area (TPSA) is 70.6 Å². The Kier molecular flexibility index (Phi) is 5.30. The quantitative estimate of drug-likeness (QED) is 0.335. The van der Waals surface area contributed by atoms with Gasteiger partial charge < -0.3 is 16.3 Å². The molecular weight excluding hydrogens is 337 g/mol. The molecule has 0 saturated carbocycles. The molecule has 0 unspecified atom stereocenters. The summed E-state index contributed by atoms with van der Waals surface area (Å²) in [7, 11) is 0. The van der Waals surface area contributed by atoms with E-state index in [2.05, 4.69) is 26.4 Å². The molecule has 2 aromatic rings. The minimum Gasteiger partial charge on any atom is -0.409 e. The summed E-state index contributed by atoms with van der Waals surface area (Å²) < 4.78 is 14.9. The average molecular weight is 352 g/mol. The van der Waals surface area contributed by atoms with E-state index in [4.69, 9.17) is 10.9 Å². The van der Waals surface area contributed by atoms with Gasteiger partial charge in [0.15, 0.2) is 5.84 Å². The smallest absolute Gasteiger partial charge is 0.170 e. The van der Waals surface area contributed by atoms with Crippen LogP contribution in [0.25, 0.3) is 0 Å². The second-order valence-electron chi connectivity index (χ2n) is 4.49. The van der Waals surface area contributed by atoms with Gasteiger partial charge in [0.2, 0.25) is 0 Å². The fourth-order valence-corrected chi connectivity index (χ4v) is 2.31. The Labute approximate surface area is 130 Å². The van der Waals surface area contributed by atoms with E-state index in [1.54, 1.807) is 12.1 Å². The molecule has 0 amide bonds. The lowest BCUT2D eigenvalue weighted by molar-refractivity contribution is 0.318. The van der Waals surface area contributed by atoms with Crippen LogP contribution < -0.4 is 11.1 Å². The van der Waals surface area contributed by atoms with E-state index in [-0.39, 0.29) is 5.84 Å². The first-order chi connectivity index (χ1) is 10.1. The Hall–Kier alpha value is -1.92. The van der Waals surface area contributed by atoms with Crippen molar-refractivity contribution in [3.8, 4) is 0 Å². The summed E-state index contributed by atoms with van der Waals surface area (Å²) in [5, 5.41) is 14.6. The normalized spacial score (nSPS) is 11.6. The first kappa shape index (κ1) is 15.5. The molecule has 0 bridgehead atoms. The lowest BCUT2D eigenvalue weighted by Crippen LogP contribution is -2.16. The van der Waals surface area contributed by atoms with Gasteiger partial charge >= 0.3 is 0 Å². The summed E-state index contributed by atoms with van der Waals surface area (Å²) in [6, 6.07) is 12.3. The number of nitrogens with two attached hydrogens (primary N) is 1. The minimum absolute atomic E-state index is 0.110. The molecule has 0 atom stereocenters. The largest absolute Gasteiger partial charge is 0.409 e. The van der Waals surface area contributed by atoms with Gasteiger partial charge in [0.25, 0.3) is 0 Å². The van der Waals surface area contributed by atoms with Gasteiger partial charge in [0, 0.05) is 28.7 Å². The molecule has 110 valence electrons. The fourth-order valence-electron chi connectivity index (χ4n) is 1.88. The van der Waals surface area contributed by atoms with Crippen LogP contribution >= 0.6 is 15.9 Å². The summed E-state index contributed by atoms with van der Waals surface area (Å²) in [4.78, 5) is 0. The molecule has 0 aromatic heterocycles. The molecule has 4 nitrogen and oxygen atoms in total. The third-order valence-electron chi connectivity index (χ3n) is 3.05. The number of hydrogen-bond donors (Lipinski definition) is 3. The maximum atomic E-state index is 13.9. The van der Waals surface area contributed by atoms with E-state index in [1.165, 1.54) is 6.07 Å². The number of rotatable bonds is 5. The second-order valence-corrected chi connectivity index (χ2v) is 5.34. The molecule has 0 saturated heterocycles. The number of oxime groups is 1. The van der Waals surface area contributed by atoms with Gasteiger partial charge in [0.05, 0.1) is 0 Å². The lowest BCUT2D eigenvalue weighted by atomic mass is 10.1. The molecule has 0 radical (unpaired) electrons. The molecule has 4 N–H and O–H groups in total. The number of nitrogens with zero attached hydrogens (tertiary/aromatic N) is 1. The predicted octanol–water partition coefficient (Wildman–Crippen LogP) is 2.97. The first-order valence-corrected chi connectivity index (χ1v) is 7.11. The van der Waals surface area contributed by atoms with E-state index in [1.807, 2.05) is 24.3 Å². The zero-order chi connectivity index (χ0) is 15.2. The number of hydrogen-bond acceptors (Lipinski definition) is 3. The molecule has 0 aliphatic rings. The number of benzene rings is 2. The van der Waals surface area contributed by atoms with E-state index >= 15 is 0 Å². The Balaban J connectivity index is 1.99. The van der Waals surface area contributed by atoms with Crippen molar-refractivity contribution in [3.05, 3.63) is 69.4 Å². The Morgan fingerprint density at radius 3 is 2.57 bits per heavy atom. The van der Waals surface area contributed by atoms with Crippen LogP contribution in [0.1, 0.15) is 16.7 Å². The molecule has 0 heterocycles. The van der Waals surface area contributed by atoms with Gasteiger partial charge in [-0.2, -0.15) is 0 Å². The summed E-state index contributed by atoms with van der Waals surface area (Å²) >= 11 is 3.47. The molecular formula is C15H15BrFN3O. The first-order valence-electron chi connectivity index (χ1n) is 6.32. The van der Waals surface area contributed by atoms with Crippen molar-refractivity contribution in [2.24, 2.45) is 10.9 Å². The standard InChI is InChI=1S/C15H15BrFN3O/c16-13-4-2-1-3-11(13)8-19-9-12-6-5-10(7-14(12)17)15(18)20-21/h1-7,19,21H,8-9H2,(H2,18,20). The van der Waals surface area contributed by atoms with E-state index < -0.39 is 5.82 Å². The Morgan fingerprint density at radius 2 is 1.90 bits per heavy atom. The van der Waals surface area contributed by atoms with Gasteiger partial charge in [-0.3, -0.25) is 0 Å². The zero-order valence-corrected chi connectivity index (χ0v) is 12.8. The van der Waals surface area contributed by atoms with Gasteiger partial charge in [-0.15, -0.1) is 0 Å². The van der Waals surface area contributed by atoms with Crippen molar-refractivity contribution >= 4 is 21.8 Å². The highest BCUT2D eigenvalue weighted by atomic mass is 79.9. The molecule has 0 fully saturated rings. The molecule has 21 heavy (non-hydrogen) atoms. The third kappa shape index (κ3) is 4.03. The zero-order valence-electron chi connectivity index (χ0n) is 11.2. The molecule has 2 aromatic carbocycles. The van der Waals surface area contributed by atoms with Gasteiger partial charge in [-0.05, 0) is 17.7 Å². The predicted molar refractivity (Wildman–Crippen MR) is 83.6 cm³/mol. The molecule has 0 aliphatic heterocycles. The highest BCUT2D eigenvalue weighted by Gasteiger charge is 2.06. The maximum absolute atomic E-state index is 13.9. The number of nitrogens with one attached hydrogen (secondary N) is 1. The minimum atomic E-state index is -0.390. The average Bonchev–Trinajstić information content (AvgIpc) is 2.50. The monoisotopic (exact) mass is 351 g/mol. The van der Waals surface area contributed by atoms with Crippen LogP contribution in [-0.4, -0.2) is 11.0 Å². The van der Waals surface area contributed by atoms with Crippen LogP contribution in [0.2, 0.25) is 0 Å². The summed E-state index contributed by atoms with van der Waals surface area (Å²) in [5.41, 5.74) is 7.40. The van der Waals surface area contributed by atoms with E-state index in [0.717, 1.165) is 10.0 Å². The second kappa shape index (κ2) is 7.19. The van der Waals surface area contributed by atoms with Gasteiger partial charge in [0.1, 0.15) is 5.82 Å². The number of halogens is 2. The van der Waals surface area contributed by atoms with Crippen molar-refractivity contribution in [1.82, 2.24) is 5.32 Å². The fraction of sp³-hybridized carbons (Fsp3) is 0.133. The maximum Gasteiger partial charge on any atom is 0.170 e. The van der Waals surface area contributed by atoms with Crippen molar-refractivity contribution in [1.29, 1.82) is 0 Å². The van der Waals surface area contributed by atoms with Gasteiger partial charge in [-0.25, -0.2) is 4.39 Å². The van der Waals surface area contributed by atoms with E-state index in [0.29, 0.717) is 24.2 Å². The summed E-state index contributed by atoms with van der Waals surface area (Å²) in [6.45, 7) is 1.02. The van der Waals surface area contributed by atoms with E-state index in [9.17, 15) is 4.39 Å². The van der Waals surface area contributed by atoms with Crippen molar-refractivity contribution in [3.63, 3.8) is 0 Å². The molecule has 0 aliphatic carbocycles. The highest BCUT2D eigenvalue weighted by Crippen LogP contribution is 2.16. The van der Waals surface area contributed by atoms with Crippen LogP contribution in [0.4, 0.5) is 4.39 Å². The van der Waals surface area contributed by atoms with Crippen LogP contribution in [0.5, 0.6) is 0 Å². The Bertz CT molecular complexity index is 661. The molecule has 0 spiro atoms. The van der Waals surface area contributed by atoms with Gasteiger partial charge in [-0.1, -0.05) is 51.4 Å². The van der Waals surface area contributed by atoms with Crippen LogP contribution in [0.15, 0.2) is 52.1 Å². The third-order valence-corrected chi connectivity index (χ3v) is 3.82. The SMILES string of the molecule is NC(=NO)c1ccc(CNCc2ccccc2Br)c(F)c1. The number of amidine groups is 1. The summed E-state index contributed by atoms with van der Waals surface area (Å²) in [5.74, 6) is -0.500. The highest BCUT2D eigenvalue weighted by molar-refractivity contribution is 9.10. The molecule has 2 rings (SSSR count). The summed E-state index contributed by atoms with van der Waals surface area (Å²) in [6.07, 6.45) is 0.